The SMILES string of the molecule is CCCCC(C)NCc1cc(/C(N)=N/O)ccc1OC. The molecule has 4 N–H and O–H groups in total. The van der Waals surface area contributed by atoms with Crippen molar-refractivity contribution in [2.75, 3.05) is 7.11 Å². The summed E-state index contributed by atoms with van der Waals surface area (Å²) in [5.41, 5.74) is 7.30. The molecule has 5 nitrogen and oxygen atoms in total. The summed E-state index contributed by atoms with van der Waals surface area (Å²) in [6.45, 7) is 5.06. The van der Waals surface area contributed by atoms with Crippen LogP contribution in [0.3, 0.4) is 0 Å². The molecule has 112 valence electrons. The lowest BCUT2D eigenvalue weighted by atomic mass is 10.1. The van der Waals surface area contributed by atoms with Gasteiger partial charge in [-0.3, -0.25) is 0 Å². The Hall–Kier alpha value is -1.75. The van der Waals surface area contributed by atoms with Crippen LogP contribution in [0, 0.1) is 0 Å². The zero-order chi connectivity index (χ0) is 15.0. The van der Waals surface area contributed by atoms with Crippen molar-refractivity contribution in [2.45, 2.75) is 45.7 Å². The van der Waals surface area contributed by atoms with Crippen LogP contribution in [0.5, 0.6) is 5.75 Å². The lowest BCUT2D eigenvalue weighted by molar-refractivity contribution is 0.318. The summed E-state index contributed by atoms with van der Waals surface area (Å²) in [7, 11) is 1.64. The van der Waals surface area contributed by atoms with E-state index >= 15 is 0 Å². The molecule has 1 aromatic carbocycles. The van der Waals surface area contributed by atoms with Gasteiger partial charge in [0.2, 0.25) is 0 Å². The second-order valence-corrected chi connectivity index (χ2v) is 4.94. The van der Waals surface area contributed by atoms with Crippen molar-refractivity contribution < 1.29 is 9.94 Å². The first-order valence-electron chi connectivity index (χ1n) is 7.00. The molecule has 0 aliphatic rings. The predicted molar refractivity (Wildman–Crippen MR) is 81.3 cm³/mol. The standard InChI is InChI=1S/C15H25N3O2/c1-4-5-6-11(2)17-10-13-9-12(15(16)18-19)7-8-14(13)20-3/h7-9,11,17,19H,4-6,10H2,1-3H3,(H2,16,18). The van der Waals surface area contributed by atoms with Gasteiger partial charge in [-0.2, -0.15) is 0 Å². The molecule has 0 saturated heterocycles. The minimum absolute atomic E-state index is 0.105. The number of benzene rings is 1. The van der Waals surface area contributed by atoms with E-state index in [1.54, 1.807) is 13.2 Å². The maximum atomic E-state index is 8.74. The molecule has 0 spiro atoms. The number of hydrogen-bond acceptors (Lipinski definition) is 4. The number of methoxy groups -OCH3 is 1. The number of nitrogens with two attached hydrogens (primary N) is 1. The van der Waals surface area contributed by atoms with Gasteiger partial charge >= 0.3 is 0 Å². The number of nitrogens with zero attached hydrogens (tertiary/aromatic N) is 1. The summed E-state index contributed by atoms with van der Waals surface area (Å²) in [4.78, 5) is 0. The molecular weight excluding hydrogens is 254 g/mol. The summed E-state index contributed by atoms with van der Waals surface area (Å²) < 4.78 is 5.34. The molecule has 0 bridgehead atoms. The van der Waals surface area contributed by atoms with Crippen molar-refractivity contribution in [1.29, 1.82) is 0 Å². The maximum absolute atomic E-state index is 8.74. The fourth-order valence-electron chi connectivity index (χ4n) is 2.03. The zero-order valence-corrected chi connectivity index (χ0v) is 12.5. The zero-order valence-electron chi connectivity index (χ0n) is 12.5. The third-order valence-electron chi connectivity index (χ3n) is 3.32. The molecule has 0 aliphatic carbocycles. The lowest BCUT2D eigenvalue weighted by Gasteiger charge is -2.16. The molecule has 1 unspecified atom stereocenters. The summed E-state index contributed by atoms with van der Waals surface area (Å²) in [5.74, 6) is 0.905. The van der Waals surface area contributed by atoms with Crippen molar-refractivity contribution in [3.8, 4) is 5.75 Å². The van der Waals surface area contributed by atoms with E-state index in [1.165, 1.54) is 12.8 Å². The van der Waals surface area contributed by atoms with Crippen LogP contribution in [0.15, 0.2) is 23.4 Å². The van der Waals surface area contributed by atoms with E-state index in [0.717, 1.165) is 17.7 Å². The topological polar surface area (TPSA) is 79.9 Å². The fraction of sp³-hybridized carbons (Fsp3) is 0.533. The Kier molecular flexibility index (Phi) is 6.87. The van der Waals surface area contributed by atoms with Crippen molar-refractivity contribution in [1.82, 2.24) is 5.32 Å². The van der Waals surface area contributed by atoms with Crippen LogP contribution in [0.4, 0.5) is 0 Å². The minimum Gasteiger partial charge on any atom is -0.496 e. The normalized spacial score (nSPS) is 13.2. The number of nitrogens with one attached hydrogen (secondary N) is 1. The average Bonchev–Trinajstić information content (AvgIpc) is 2.49. The molecule has 0 saturated carbocycles. The van der Waals surface area contributed by atoms with Gasteiger partial charge in [0.25, 0.3) is 0 Å². The van der Waals surface area contributed by atoms with Crippen LogP contribution in [0.1, 0.15) is 44.2 Å². The van der Waals surface area contributed by atoms with Crippen molar-refractivity contribution in [3.05, 3.63) is 29.3 Å². The summed E-state index contributed by atoms with van der Waals surface area (Å²) in [6, 6.07) is 5.94. The van der Waals surface area contributed by atoms with Crippen molar-refractivity contribution >= 4 is 5.84 Å². The highest BCUT2D eigenvalue weighted by molar-refractivity contribution is 5.97. The first-order chi connectivity index (χ1) is 9.62. The Labute approximate surface area is 120 Å². The predicted octanol–water partition coefficient (Wildman–Crippen LogP) is 2.46. The van der Waals surface area contributed by atoms with Crippen LogP contribution < -0.4 is 15.8 Å². The summed E-state index contributed by atoms with van der Waals surface area (Å²) in [6.07, 6.45) is 3.57. The number of rotatable bonds is 8. The Balaban J connectivity index is 2.76. The van der Waals surface area contributed by atoms with Gasteiger partial charge in [-0.05, 0) is 31.5 Å². The Morgan fingerprint density at radius 1 is 1.50 bits per heavy atom. The van der Waals surface area contributed by atoms with Gasteiger partial charge < -0.3 is 21.0 Å². The quantitative estimate of drug-likeness (QED) is 0.295. The third kappa shape index (κ3) is 4.74. The molecule has 0 aliphatic heterocycles. The first-order valence-corrected chi connectivity index (χ1v) is 7.00. The molecule has 0 amide bonds. The second-order valence-electron chi connectivity index (χ2n) is 4.94. The van der Waals surface area contributed by atoms with Gasteiger partial charge in [0, 0.05) is 23.7 Å². The lowest BCUT2D eigenvalue weighted by Crippen LogP contribution is -2.25. The van der Waals surface area contributed by atoms with Crippen LogP contribution in [-0.4, -0.2) is 24.2 Å². The highest BCUT2D eigenvalue weighted by Gasteiger charge is 2.08. The van der Waals surface area contributed by atoms with E-state index in [1.807, 2.05) is 12.1 Å². The van der Waals surface area contributed by atoms with E-state index in [0.29, 0.717) is 18.2 Å². The number of hydrogen-bond donors (Lipinski definition) is 3. The highest BCUT2D eigenvalue weighted by atomic mass is 16.5. The molecule has 1 rings (SSSR count). The number of oxime groups is 1. The molecule has 1 aromatic rings. The van der Waals surface area contributed by atoms with E-state index in [-0.39, 0.29) is 5.84 Å². The average molecular weight is 279 g/mol. The van der Waals surface area contributed by atoms with Gasteiger partial charge in [0.05, 0.1) is 7.11 Å². The van der Waals surface area contributed by atoms with E-state index in [9.17, 15) is 0 Å². The summed E-state index contributed by atoms with van der Waals surface area (Å²) >= 11 is 0. The number of amidine groups is 1. The highest BCUT2D eigenvalue weighted by Crippen LogP contribution is 2.20. The van der Waals surface area contributed by atoms with Crippen molar-refractivity contribution in [2.24, 2.45) is 10.9 Å². The molecule has 0 aromatic heterocycles. The second kappa shape index (κ2) is 8.43. The molecule has 20 heavy (non-hydrogen) atoms. The monoisotopic (exact) mass is 279 g/mol. The van der Waals surface area contributed by atoms with E-state index in [2.05, 4.69) is 24.3 Å². The van der Waals surface area contributed by atoms with Gasteiger partial charge in [-0.15, -0.1) is 0 Å². The molecule has 1 atom stereocenters. The largest absolute Gasteiger partial charge is 0.496 e. The first kappa shape index (κ1) is 16.3. The maximum Gasteiger partial charge on any atom is 0.170 e. The van der Waals surface area contributed by atoms with Gasteiger partial charge in [0.1, 0.15) is 5.75 Å². The van der Waals surface area contributed by atoms with Crippen LogP contribution in [0.25, 0.3) is 0 Å². The Bertz CT molecular complexity index is 447. The van der Waals surface area contributed by atoms with Crippen molar-refractivity contribution in [3.63, 3.8) is 0 Å². The van der Waals surface area contributed by atoms with E-state index in [4.69, 9.17) is 15.7 Å². The summed E-state index contributed by atoms with van der Waals surface area (Å²) in [5, 5.41) is 15.2. The minimum atomic E-state index is 0.105. The van der Waals surface area contributed by atoms with Crippen LogP contribution in [-0.2, 0) is 6.54 Å². The molecular formula is C15H25N3O2. The van der Waals surface area contributed by atoms with E-state index < -0.39 is 0 Å². The number of ether oxygens (including phenoxy) is 1. The molecule has 0 radical (unpaired) electrons. The Morgan fingerprint density at radius 3 is 2.85 bits per heavy atom. The van der Waals surface area contributed by atoms with Gasteiger partial charge in [-0.1, -0.05) is 24.9 Å². The van der Waals surface area contributed by atoms with Gasteiger partial charge in [-0.25, -0.2) is 0 Å². The third-order valence-corrected chi connectivity index (χ3v) is 3.32. The van der Waals surface area contributed by atoms with Gasteiger partial charge in [0.15, 0.2) is 5.84 Å². The van der Waals surface area contributed by atoms with Crippen LogP contribution >= 0.6 is 0 Å². The van der Waals surface area contributed by atoms with Crippen LogP contribution in [0.2, 0.25) is 0 Å². The smallest absolute Gasteiger partial charge is 0.170 e. The molecule has 0 fully saturated rings. The number of unbranched alkanes of at least 4 members (excludes halogenated alkanes) is 1. The molecule has 5 heteroatoms. The molecule has 0 heterocycles. The fourth-order valence-corrected chi connectivity index (χ4v) is 2.03. The Morgan fingerprint density at radius 2 is 2.25 bits per heavy atom.